The quantitative estimate of drug-likeness (QED) is 0.662. The molecule has 9 nitrogen and oxygen atoms in total. The van der Waals surface area contributed by atoms with E-state index in [-0.39, 0.29) is 0 Å². The van der Waals surface area contributed by atoms with Crippen LogP contribution in [0.5, 0.6) is 0 Å². The average molecular weight is 379 g/mol. The minimum atomic E-state index is -3.41. The second kappa shape index (κ2) is 6.32. The van der Waals surface area contributed by atoms with Crippen molar-refractivity contribution in [2.75, 3.05) is 31.1 Å². The lowest BCUT2D eigenvalue weighted by molar-refractivity contribution is 0.385. The van der Waals surface area contributed by atoms with Gasteiger partial charge in [-0.25, -0.2) is 23.1 Å². The van der Waals surface area contributed by atoms with Gasteiger partial charge in [0.25, 0.3) is 10.0 Å². The number of aromatic nitrogens is 5. The van der Waals surface area contributed by atoms with Gasteiger partial charge < -0.3 is 4.90 Å². The third kappa shape index (κ3) is 2.77. The Hall–Kier alpha value is -2.11. The van der Waals surface area contributed by atoms with Gasteiger partial charge in [-0.2, -0.15) is 4.31 Å². The van der Waals surface area contributed by atoms with Gasteiger partial charge in [0.2, 0.25) is 0 Å². The van der Waals surface area contributed by atoms with Crippen LogP contribution in [-0.2, 0) is 16.6 Å². The van der Waals surface area contributed by atoms with Gasteiger partial charge in [0, 0.05) is 32.7 Å². The maximum atomic E-state index is 12.6. The van der Waals surface area contributed by atoms with Gasteiger partial charge in [0.1, 0.15) is 10.5 Å². The van der Waals surface area contributed by atoms with Crippen molar-refractivity contribution in [3.05, 3.63) is 23.8 Å². The van der Waals surface area contributed by atoms with Crippen LogP contribution >= 0.6 is 11.3 Å². The highest BCUT2D eigenvalue weighted by Crippen LogP contribution is 2.25. The standard InChI is InChI=1S/C14H17N7O2S2/c1-2-21-14-12(17-18-21)13(15-10-16-14)19-5-7-20(8-6-19)25(22,23)11-4-3-9-24-11/h3-4,9-10H,2,5-8H2,1H3. The summed E-state index contributed by atoms with van der Waals surface area (Å²) >= 11 is 1.24. The van der Waals surface area contributed by atoms with Crippen LogP contribution in [-0.4, -0.2) is 63.9 Å². The molecule has 4 heterocycles. The van der Waals surface area contributed by atoms with Crippen LogP contribution in [0.15, 0.2) is 28.0 Å². The van der Waals surface area contributed by atoms with Crippen LogP contribution in [0.3, 0.4) is 0 Å². The monoisotopic (exact) mass is 379 g/mol. The molecular formula is C14H17N7O2S2. The first-order chi connectivity index (χ1) is 12.1. The highest BCUT2D eigenvalue weighted by molar-refractivity contribution is 7.91. The molecule has 1 fully saturated rings. The fourth-order valence-corrected chi connectivity index (χ4v) is 5.47. The molecule has 11 heteroatoms. The Bertz CT molecular complexity index is 976. The third-order valence-corrected chi connectivity index (χ3v) is 7.48. The Morgan fingerprint density at radius 2 is 2.00 bits per heavy atom. The number of aryl methyl sites for hydroxylation is 1. The van der Waals surface area contributed by atoms with E-state index in [1.807, 2.05) is 11.8 Å². The normalized spacial score (nSPS) is 16.6. The molecule has 0 aromatic carbocycles. The number of thiophene rings is 1. The Kier molecular flexibility index (Phi) is 4.13. The van der Waals surface area contributed by atoms with Gasteiger partial charge in [-0.1, -0.05) is 11.3 Å². The van der Waals surface area contributed by atoms with Gasteiger partial charge in [-0.15, -0.1) is 16.4 Å². The number of piperazine rings is 1. The van der Waals surface area contributed by atoms with E-state index in [1.54, 1.807) is 22.2 Å². The van der Waals surface area contributed by atoms with Gasteiger partial charge in [0.15, 0.2) is 17.0 Å². The molecule has 4 rings (SSSR count). The molecule has 1 aliphatic heterocycles. The molecule has 0 unspecified atom stereocenters. The number of nitrogens with zero attached hydrogens (tertiary/aromatic N) is 7. The van der Waals surface area contributed by atoms with Crippen molar-refractivity contribution in [2.24, 2.45) is 0 Å². The Balaban J connectivity index is 1.56. The second-order valence-electron chi connectivity index (χ2n) is 5.60. The smallest absolute Gasteiger partial charge is 0.252 e. The summed E-state index contributed by atoms with van der Waals surface area (Å²) < 4.78 is 28.9. The first-order valence-corrected chi connectivity index (χ1v) is 10.3. The van der Waals surface area contributed by atoms with E-state index in [0.29, 0.717) is 53.9 Å². The molecule has 1 aliphatic rings. The second-order valence-corrected chi connectivity index (χ2v) is 8.71. The number of fused-ring (bicyclic) bond motifs is 1. The highest BCUT2D eigenvalue weighted by atomic mass is 32.2. The zero-order valence-electron chi connectivity index (χ0n) is 13.6. The molecule has 3 aromatic heterocycles. The molecule has 0 aliphatic carbocycles. The average Bonchev–Trinajstić information content (AvgIpc) is 3.31. The summed E-state index contributed by atoms with van der Waals surface area (Å²) in [4.78, 5) is 10.6. The summed E-state index contributed by atoms with van der Waals surface area (Å²) in [7, 11) is -3.41. The Morgan fingerprint density at radius 3 is 2.68 bits per heavy atom. The summed E-state index contributed by atoms with van der Waals surface area (Å²) in [5.74, 6) is 0.706. The lowest BCUT2D eigenvalue weighted by atomic mass is 10.3. The van der Waals surface area contributed by atoms with Crippen LogP contribution < -0.4 is 4.90 Å². The Morgan fingerprint density at radius 1 is 1.20 bits per heavy atom. The zero-order valence-corrected chi connectivity index (χ0v) is 15.2. The molecule has 0 saturated carbocycles. The number of hydrogen-bond acceptors (Lipinski definition) is 8. The fourth-order valence-electron chi connectivity index (χ4n) is 2.90. The number of rotatable bonds is 4. The summed E-state index contributed by atoms with van der Waals surface area (Å²) in [5.41, 5.74) is 1.35. The zero-order chi connectivity index (χ0) is 17.4. The summed E-state index contributed by atoms with van der Waals surface area (Å²) in [6.45, 7) is 4.58. The topological polar surface area (TPSA) is 97.1 Å². The molecular weight excluding hydrogens is 362 g/mol. The fraction of sp³-hybridized carbons (Fsp3) is 0.429. The summed E-state index contributed by atoms with van der Waals surface area (Å²) in [6, 6.07) is 3.39. The maximum absolute atomic E-state index is 12.6. The lowest BCUT2D eigenvalue weighted by Gasteiger charge is -2.34. The molecule has 0 N–H and O–H groups in total. The molecule has 0 atom stereocenters. The van der Waals surface area contributed by atoms with E-state index in [0.717, 1.165) is 0 Å². The van der Waals surface area contributed by atoms with Crippen LogP contribution in [0.2, 0.25) is 0 Å². The van der Waals surface area contributed by atoms with Gasteiger partial charge in [-0.3, -0.25) is 0 Å². The predicted molar refractivity (Wildman–Crippen MR) is 94.1 cm³/mol. The SMILES string of the molecule is CCn1nnc2c(N3CCN(S(=O)(=O)c4cccs4)CC3)ncnc21. The van der Waals surface area contributed by atoms with Crippen molar-refractivity contribution in [3.63, 3.8) is 0 Å². The molecule has 0 amide bonds. The van der Waals surface area contributed by atoms with Gasteiger partial charge in [0.05, 0.1) is 0 Å². The lowest BCUT2D eigenvalue weighted by Crippen LogP contribution is -2.48. The number of anilines is 1. The van der Waals surface area contributed by atoms with Crippen molar-refractivity contribution in [1.82, 2.24) is 29.3 Å². The van der Waals surface area contributed by atoms with Crippen LogP contribution in [0.1, 0.15) is 6.92 Å². The van der Waals surface area contributed by atoms with Crippen molar-refractivity contribution in [1.29, 1.82) is 0 Å². The number of hydrogen-bond donors (Lipinski definition) is 0. The minimum Gasteiger partial charge on any atom is -0.352 e. The van der Waals surface area contributed by atoms with E-state index >= 15 is 0 Å². The van der Waals surface area contributed by atoms with Gasteiger partial charge >= 0.3 is 0 Å². The molecule has 0 spiro atoms. The van der Waals surface area contributed by atoms with E-state index in [9.17, 15) is 8.42 Å². The molecule has 1 saturated heterocycles. The highest BCUT2D eigenvalue weighted by Gasteiger charge is 2.30. The van der Waals surface area contributed by atoms with E-state index in [4.69, 9.17) is 0 Å². The van der Waals surface area contributed by atoms with E-state index in [1.165, 1.54) is 22.0 Å². The minimum absolute atomic E-state index is 0.385. The van der Waals surface area contributed by atoms with Crippen molar-refractivity contribution >= 4 is 38.3 Å². The first kappa shape index (κ1) is 16.4. The molecule has 25 heavy (non-hydrogen) atoms. The molecule has 0 radical (unpaired) electrons. The summed E-state index contributed by atoms with van der Waals surface area (Å²) in [6.07, 6.45) is 1.50. The third-order valence-electron chi connectivity index (χ3n) is 4.21. The Labute approximate surface area is 149 Å². The summed E-state index contributed by atoms with van der Waals surface area (Å²) in [5, 5.41) is 10.1. The molecule has 132 valence electrons. The van der Waals surface area contributed by atoms with Crippen LogP contribution in [0.4, 0.5) is 5.82 Å². The predicted octanol–water partition coefficient (Wildman–Crippen LogP) is 0.814. The molecule has 0 bridgehead atoms. The maximum Gasteiger partial charge on any atom is 0.252 e. The van der Waals surface area contributed by atoms with Crippen molar-refractivity contribution in [3.8, 4) is 0 Å². The van der Waals surface area contributed by atoms with Gasteiger partial charge in [-0.05, 0) is 18.4 Å². The first-order valence-electron chi connectivity index (χ1n) is 7.94. The van der Waals surface area contributed by atoms with Crippen molar-refractivity contribution in [2.45, 2.75) is 17.7 Å². The van der Waals surface area contributed by atoms with E-state index < -0.39 is 10.0 Å². The van der Waals surface area contributed by atoms with E-state index in [2.05, 4.69) is 20.3 Å². The van der Waals surface area contributed by atoms with Crippen LogP contribution in [0.25, 0.3) is 11.2 Å². The largest absolute Gasteiger partial charge is 0.352 e. The molecule has 3 aromatic rings. The van der Waals surface area contributed by atoms with Crippen molar-refractivity contribution < 1.29 is 8.42 Å². The van der Waals surface area contributed by atoms with Crippen LogP contribution in [0, 0.1) is 0 Å². The number of sulfonamides is 1.